The van der Waals surface area contributed by atoms with E-state index in [0.717, 1.165) is 43.7 Å². The molecule has 37 heavy (non-hydrogen) atoms. The van der Waals surface area contributed by atoms with E-state index in [1.807, 2.05) is 16.7 Å². The lowest BCUT2D eigenvalue weighted by atomic mass is 9.83. The van der Waals surface area contributed by atoms with Crippen molar-refractivity contribution >= 4 is 28.6 Å². The van der Waals surface area contributed by atoms with Crippen LogP contribution in [-0.4, -0.2) is 27.2 Å². The van der Waals surface area contributed by atoms with Crippen LogP contribution >= 0.6 is 11.6 Å². The highest BCUT2D eigenvalue weighted by molar-refractivity contribution is 6.30. The van der Waals surface area contributed by atoms with Gasteiger partial charge in [0.25, 0.3) is 0 Å². The maximum absolute atomic E-state index is 14.5. The molecule has 0 radical (unpaired) electrons. The molecule has 1 fully saturated rings. The Kier molecular flexibility index (Phi) is 7.15. The molecule has 0 saturated heterocycles. The second kappa shape index (κ2) is 10.5. The molecule has 5 nitrogen and oxygen atoms in total. The van der Waals surface area contributed by atoms with Crippen molar-refractivity contribution in [3.05, 3.63) is 82.4 Å². The third kappa shape index (κ3) is 5.05. The number of aromatic nitrogens is 2. The van der Waals surface area contributed by atoms with E-state index in [1.165, 1.54) is 6.07 Å². The average molecular weight is 525 g/mol. The van der Waals surface area contributed by atoms with Gasteiger partial charge < -0.3 is 14.4 Å². The molecule has 0 spiro atoms. The van der Waals surface area contributed by atoms with Crippen LogP contribution in [0.3, 0.4) is 0 Å². The van der Waals surface area contributed by atoms with E-state index in [1.54, 1.807) is 37.3 Å². The summed E-state index contributed by atoms with van der Waals surface area (Å²) in [7, 11) is 0. The number of fused-ring (bicyclic) bond motifs is 1. The monoisotopic (exact) mass is 524 g/mol. The Morgan fingerprint density at radius 1 is 1.11 bits per heavy atom. The van der Waals surface area contributed by atoms with E-state index in [0.29, 0.717) is 33.2 Å². The molecule has 8 heteroatoms. The van der Waals surface area contributed by atoms with Crippen molar-refractivity contribution < 1.29 is 23.4 Å². The van der Waals surface area contributed by atoms with Gasteiger partial charge in [0.15, 0.2) is 11.6 Å². The molecule has 1 aromatic heterocycles. The third-order valence-electron chi connectivity index (χ3n) is 7.28. The summed E-state index contributed by atoms with van der Waals surface area (Å²) in [6, 6.07) is 14.2. The summed E-state index contributed by atoms with van der Waals surface area (Å²) in [4.78, 5) is 16.4. The van der Waals surface area contributed by atoms with Crippen LogP contribution in [0, 0.1) is 24.5 Å². The van der Waals surface area contributed by atoms with Gasteiger partial charge in [-0.3, -0.25) is 0 Å². The highest BCUT2D eigenvalue weighted by Crippen LogP contribution is 2.39. The summed E-state index contributed by atoms with van der Waals surface area (Å²) >= 11 is 6.12. The van der Waals surface area contributed by atoms with Gasteiger partial charge in [0.2, 0.25) is 0 Å². The Morgan fingerprint density at radius 2 is 1.81 bits per heavy atom. The van der Waals surface area contributed by atoms with Gasteiger partial charge in [0.05, 0.1) is 22.6 Å². The first-order valence-corrected chi connectivity index (χ1v) is 12.8. The standard InChI is InChI=1S/C29H27ClF2N2O3/c1-17-21(29(35)36)8-5-9-27(17)37-16-26(18-6-3-2-4-7-18)34-25-15-23(32)22(31)14-24(25)33-28(34)19-10-12-20(30)13-11-19/h5,8-15,18,26H,2-4,6-7,16H2,1H3,(H,35,36). The number of nitrogens with zero attached hydrogens (tertiary/aromatic N) is 2. The van der Waals surface area contributed by atoms with E-state index in [-0.39, 0.29) is 24.1 Å². The number of carbonyl (C=O) groups is 1. The van der Waals surface area contributed by atoms with E-state index >= 15 is 0 Å². The zero-order valence-electron chi connectivity index (χ0n) is 20.4. The van der Waals surface area contributed by atoms with Gasteiger partial charge in [0, 0.05) is 28.3 Å². The molecule has 0 aliphatic heterocycles. The predicted molar refractivity (Wildman–Crippen MR) is 139 cm³/mol. The van der Waals surface area contributed by atoms with Gasteiger partial charge >= 0.3 is 5.97 Å². The van der Waals surface area contributed by atoms with Gasteiger partial charge in [-0.25, -0.2) is 18.6 Å². The molecule has 3 aromatic carbocycles. The number of halogens is 3. The Hall–Kier alpha value is -3.45. The van der Waals surface area contributed by atoms with Crippen molar-refractivity contribution in [1.29, 1.82) is 0 Å². The number of rotatable bonds is 7. The fraction of sp³-hybridized carbons (Fsp3) is 0.310. The lowest BCUT2D eigenvalue weighted by Gasteiger charge is -2.33. The minimum absolute atomic E-state index is 0.180. The lowest BCUT2D eigenvalue weighted by Crippen LogP contribution is -2.28. The molecule has 1 unspecified atom stereocenters. The minimum atomic E-state index is -1.02. The number of aromatic carboxylic acids is 1. The summed E-state index contributed by atoms with van der Waals surface area (Å²) in [5.41, 5.74) is 2.33. The third-order valence-corrected chi connectivity index (χ3v) is 7.54. The Bertz CT molecular complexity index is 1450. The van der Waals surface area contributed by atoms with Crippen LogP contribution in [0.15, 0.2) is 54.6 Å². The number of imidazole rings is 1. The summed E-state index contributed by atoms with van der Waals surface area (Å²) < 4.78 is 37.0. The lowest BCUT2D eigenvalue weighted by molar-refractivity contribution is 0.0695. The largest absolute Gasteiger partial charge is 0.491 e. The van der Waals surface area contributed by atoms with Crippen molar-refractivity contribution in [3.8, 4) is 17.1 Å². The highest BCUT2D eigenvalue weighted by atomic mass is 35.5. The van der Waals surface area contributed by atoms with Gasteiger partial charge in [-0.2, -0.15) is 0 Å². The van der Waals surface area contributed by atoms with Crippen LogP contribution in [0.2, 0.25) is 5.02 Å². The van der Waals surface area contributed by atoms with E-state index in [9.17, 15) is 18.7 Å². The molecule has 0 bridgehead atoms. The molecule has 1 N–H and O–H groups in total. The zero-order chi connectivity index (χ0) is 26.1. The van der Waals surface area contributed by atoms with E-state index in [2.05, 4.69) is 0 Å². The first-order valence-electron chi connectivity index (χ1n) is 12.4. The molecule has 0 amide bonds. The fourth-order valence-corrected chi connectivity index (χ4v) is 5.47. The molecule has 192 valence electrons. The molecule has 1 saturated carbocycles. The number of hydrogen-bond donors (Lipinski definition) is 1. The van der Waals surface area contributed by atoms with Crippen LogP contribution in [0.25, 0.3) is 22.4 Å². The summed E-state index contributed by atoms with van der Waals surface area (Å²) in [6.45, 7) is 1.94. The van der Waals surface area contributed by atoms with Crippen molar-refractivity contribution in [2.24, 2.45) is 5.92 Å². The summed E-state index contributed by atoms with van der Waals surface area (Å²) in [5, 5.41) is 10.1. The van der Waals surface area contributed by atoms with Crippen LogP contribution < -0.4 is 4.74 Å². The molecule has 1 heterocycles. The van der Waals surface area contributed by atoms with Gasteiger partial charge in [0.1, 0.15) is 18.2 Å². The molecule has 4 aromatic rings. The van der Waals surface area contributed by atoms with Crippen molar-refractivity contribution in [1.82, 2.24) is 9.55 Å². The van der Waals surface area contributed by atoms with Crippen molar-refractivity contribution in [2.45, 2.75) is 45.1 Å². The smallest absolute Gasteiger partial charge is 0.336 e. The quantitative estimate of drug-likeness (QED) is 0.267. The number of benzene rings is 3. The Morgan fingerprint density at radius 3 is 2.51 bits per heavy atom. The van der Waals surface area contributed by atoms with Crippen LogP contribution in [0.4, 0.5) is 8.78 Å². The molecule has 1 aliphatic carbocycles. The summed E-state index contributed by atoms with van der Waals surface area (Å²) in [6.07, 6.45) is 5.22. The number of hydrogen-bond acceptors (Lipinski definition) is 3. The maximum Gasteiger partial charge on any atom is 0.336 e. The molecular formula is C29H27ClF2N2O3. The van der Waals surface area contributed by atoms with Crippen molar-refractivity contribution in [2.75, 3.05) is 6.61 Å². The predicted octanol–water partition coefficient (Wildman–Crippen LogP) is 7.84. The minimum Gasteiger partial charge on any atom is -0.491 e. The highest BCUT2D eigenvalue weighted by Gasteiger charge is 2.30. The topological polar surface area (TPSA) is 64.4 Å². The normalized spacial score (nSPS) is 15.1. The molecular weight excluding hydrogens is 498 g/mol. The van der Waals surface area contributed by atoms with Crippen molar-refractivity contribution in [3.63, 3.8) is 0 Å². The second-order valence-electron chi connectivity index (χ2n) is 9.58. The van der Waals surface area contributed by atoms with Gasteiger partial charge in [-0.05, 0) is 62.1 Å². The second-order valence-corrected chi connectivity index (χ2v) is 10.0. The maximum atomic E-state index is 14.5. The van der Waals surface area contributed by atoms with Crippen LogP contribution in [0.5, 0.6) is 5.75 Å². The fourth-order valence-electron chi connectivity index (χ4n) is 5.35. The first-order chi connectivity index (χ1) is 17.8. The Balaban J connectivity index is 1.64. The molecule has 5 rings (SSSR count). The SMILES string of the molecule is Cc1c(OCC(C2CCCCC2)n2c(-c3ccc(Cl)cc3)nc3cc(F)c(F)cc32)cccc1C(=O)O. The van der Waals surface area contributed by atoms with Gasteiger partial charge in [-0.15, -0.1) is 0 Å². The van der Waals surface area contributed by atoms with Gasteiger partial charge in [-0.1, -0.05) is 36.9 Å². The van der Waals surface area contributed by atoms with E-state index < -0.39 is 17.6 Å². The number of ether oxygens (including phenoxy) is 1. The number of carboxylic acids is 1. The average Bonchev–Trinajstić information content (AvgIpc) is 3.24. The van der Waals surface area contributed by atoms with Crippen LogP contribution in [-0.2, 0) is 0 Å². The summed E-state index contributed by atoms with van der Waals surface area (Å²) in [5.74, 6) is -1.64. The molecule has 1 aliphatic rings. The number of carboxylic acid groups (broad SMARTS) is 1. The zero-order valence-corrected chi connectivity index (χ0v) is 21.1. The Labute approximate surface area is 218 Å². The van der Waals surface area contributed by atoms with E-state index in [4.69, 9.17) is 21.3 Å². The van der Waals surface area contributed by atoms with Crippen LogP contribution in [0.1, 0.15) is 54.1 Å². The molecule has 1 atom stereocenters. The first kappa shape index (κ1) is 25.2.